The Morgan fingerprint density at radius 2 is 1.78 bits per heavy atom. The van der Waals surface area contributed by atoms with Crippen LogP contribution in [-0.4, -0.2) is 51.9 Å². The summed E-state index contributed by atoms with van der Waals surface area (Å²) in [7, 11) is 0. The Kier molecular flexibility index (Phi) is 7.23. The topological polar surface area (TPSA) is 144 Å². The lowest BCUT2D eigenvalue weighted by molar-refractivity contribution is -0.156. The number of carbonyl (C=O) groups excluding carboxylic acids is 4. The molecular weight excluding hydrogens is 474 g/mol. The smallest absolute Gasteiger partial charge is 0.413 e. The molecule has 0 unspecified atom stereocenters. The van der Waals surface area contributed by atoms with Crippen LogP contribution >= 0.6 is 0 Å². The molecule has 37 heavy (non-hydrogen) atoms. The highest BCUT2D eigenvalue weighted by Crippen LogP contribution is 2.62. The second-order valence-corrected chi connectivity index (χ2v) is 12.4. The highest BCUT2D eigenvalue weighted by atomic mass is 16.6. The number of nitrogens with one attached hydrogen (secondary N) is 2. The van der Waals surface area contributed by atoms with Crippen molar-refractivity contribution < 1.29 is 23.9 Å². The molecule has 3 fully saturated rings. The van der Waals surface area contributed by atoms with Crippen LogP contribution in [-0.2, 0) is 19.1 Å². The summed E-state index contributed by atoms with van der Waals surface area (Å²) in [6.45, 7) is 9.71. The van der Waals surface area contributed by atoms with E-state index in [2.05, 4.69) is 22.5 Å². The summed E-state index contributed by atoms with van der Waals surface area (Å²) in [5.41, 5.74) is 6.00. The fourth-order valence-corrected chi connectivity index (χ4v) is 6.23. The molecule has 1 spiro atoms. The van der Waals surface area contributed by atoms with E-state index in [-0.39, 0.29) is 23.3 Å². The first-order valence-electron chi connectivity index (χ1n) is 13.1. The van der Waals surface area contributed by atoms with E-state index < -0.39 is 23.5 Å². The summed E-state index contributed by atoms with van der Waals surface area (Å²) in [6, 6.07) is 1.69. The van der Waals surface area contributed by atoms with Crippen molar-refractivity contribution in [1.82, 2.24) is 9.88 Å². The first kappa shape index (κ1) is 26.9. The summed E-state index contributed by atoms with van der Waals surface area (Å²) in [5.74, 6) is -0.468. The first-order chi connectivity index (χ1) is 17.2. The Morgan fingerprint density at radius 3 is 2.38 bits per heavy atom. The number of aromatic nitrogens is 1. The summed E-state index contributed by atoms with van der Waals surface area (Å²) >= 11 is 0. The molecule has 0 aromatic carbocycles. The molecule has 1 saturated heterocycles. The highest BCUT2D eigenvalue weighted by molar-refractivity contribution is 6.39. The number of hydrogen-bond donors (Lipinski definition) is 3. The molecule has 10 nitrogen and oxygen atoms in total. The van der Waals surface area contributed by atoms with Crippen molar-refractivity contribution in [3.8, 4) is 0 Å². The van der Waals surface area contributed by atoms with Gasteiger partial charge in [-0.25, -0.2) is 9.78 Å². The summed E-state index contributed by atoms with van der Waals surface area (Å²) < 4.78 is 5.25. The number of nitrogens with zero attached hydrogens (tertiary/aromatic N) is 2. The lowest BCUT2D eigenvalue weighted by Gasteiger charge is -2.60. The fraction of sp³-hybridized carbons (Fsp3) is 0.667. The van der Waals surface area contributed by atoms with Gasteiger partial charge in [-0.2, -0.15) is 0 Å². The third kappa shape index (κ3) is 6.05. The monoisotopic (exact) mass is 513 g/mol. The van der Waals surface area contributed by atoms with Gasteiger partial charge >= 0.3 is 17.9 Å². The van der Waals surface area contributed by atoms with Gasteiger partial charge in [0.2, 0.25) is 5.91 Å². The Labute approximate surface area is 218 Å². The van der Waals surface area contributed by atoms with Crippen LogP contribution in [0.1, 0.15) is 71.8 Å². The van der Waals surface area contributed by atoms with E-state index >= 15 is 0 Å². The molecule has 0 bridgehead atoms. The SMILES string of the molecule is Cc1cc(NC(=O)C(=O)N2C[C@H](C)CC[C@H]2C2CC3(CC(C(N)=O)C3)C2)cnc1NC(=O)OC(C)(C)C. The van der Waals surface area contributed by atoms with Gasteiger partial charge in [-0.15, -0.1) is 0 Å². The number of rotatable bonds is 4. The average molecular weight is 514 g/mol. The fourth-order valence-electron chi connectivity index (χ4n) is 6.23. The summed E-state index contributed by atoms with van der Waals surface area (Å²) in [4.78, 5) is 55.7. The predicted molar refractivity (Wildman–Crippen MR) is 138 cm³/mol. The molecule has 1 aromatic heterocycles. The number of amides is 4. The standard InChI is InChI=1S/C27H39N5O5/c1-15-6-7-20(17-9-27(10-17)11-18(12-27)21(28)33)32(14-15)24(35)23(34)30-19-8-16(2)22(29-13-19)31-25(36)37-26(3,4)5/h8,13,15,17-18,20H,6-7,9-12,14H2,1-5H3,(H2,28,33)(H,30,34)(H,29,31,36)/t15-,17?,18?,20+,27?/m1/s1. The number of piperidine rings is 1. The molecule has 2 saturated carbocycles. The quantitative estimate of drug-likeness (QED) is 0.525. The Balaban J connectivity index is 1.36. The normalized spacial score (nSPS) is 29.1. The minimum Gasteiger partial charge on any atom is -0.444 e. The maximum atomic E-state index is 13.3. The third-order valence-corrected chi connectivity index (χ3v) is 7.97. The zero-order chi connectivity index (χ0) is 27.1. The maximum absolute atomic E-state index is 13.3. The largest absolute Gasteiger partial charge is 0.444 e. The molecule has 2 atom stereocenters. The summed E-state index contributed by atoms with van der Waals surface area (Å²) in [5, 5.41) is 5.27. The number of primary amides is 1. The third-order valence-electron chi connectivity index (χ3n) is 7.97. The van der Waals surface area contributed by atoms with E-state index in [1.54, 1.807) is 38.7 Å². The number of carbonyl (C=O) groups is 4. The molecular formula is C27H39N5O5. The number of likely N-dealkylation sites (tertiary alicyclic amines) is 1. The minimum absolute atomic E-state index is 0.0152. The molecule has 10 heteroatoms. The number of nitrogens with two attached hydrogens (primary N) is 1. The molecule has 1 aromatic rings. The van der Waals surface area contributed by atoms with Crippen molar-refractivity contribution in [2.45, 2.75) is 84.8 Å². The van der Waals surface area contributed by atoms with Gasteiger partial charge in [0, 0.05) is 18.5 Å². The van der Waals surface area contributed by atoms with Crippen molar-refractivity contribution in [3.05, 3.63) is 17.8 Å². The van der Waals surface area contributed by atoms with Crippen molar-refractivity contribution in [2.24, 2.45) is 28.9 Å². The molecule has 0 radical (unpaired) electrons. The maximum Gasteiger partial charge on any atom is 0.413 e. The van der Waals surface area contributed by atoms with Crippen molar-refractivity contribution in [3.63, 3.8) is 0 Å². The van der Waals surface area contributed by atoms with Gasteiger partial charge in [-0.05, 0) is 95.1 Å². The highest BCUT2D eigenvalue weighted by Gasteiger charge is 2.57. The van der Waals surface area contributed by atoms with Gasteiger partial charge in [-0.1, -0.05) is 6.92 Å². The van der Waals surface area contributed by atoms with Crippen molar-refractivity contribution in [1.29, 1.82) is 0 Å². The molecule has 2 heterocycles. The second-order valence-electron chi connectivity index (χ2n) is 12.4. The Bertz CT molecular complexity index is 1080. The van der Waals surface area contributed by atoms with E-state index in [0.717, 1.165) is 38.5 Å². The van der Waals surface area contributed by atoms with Crippen molar-refractivity contribution in [2.75, 3.05) is 17.2 Å². The number of hydrogen-bond acceptors (Lipinski definition) is 6. The van der Waals surface area contributed by atoms with Gasteiger partial charge in [-0.3, -0.25) is 19.7 Å². The van der Waals surface area contributed by atoms with Gasteiger partial charge in [0.05, 0.1) is 11.9 Å². The van der Waals surface area contributed by atoms with Crippen LogP contribution in [0.3, 0.4) is 0 Å². The molecule has 2 aliphatic carbocycles. The Morgan fingerprint density at radius 1 is 1.11 bits per heavy atom. The average Bonchev–Trinajstić information content (AvgIpc) is 2.72. The zero-order valence-corrected chi connectivity index (χ0v) is 22.4. The number of pyridine rings is 1. The van der Waals surface area contributed by atoms with Crippen molar-refractivity contribution >= 4 is 35.3 Å². The molecule has 4 amide bonds. The number of ether oxygens (including phenoxy) is 1. The van der Waals surface area contributed by atoms with Crippen LogP contribution in [0.4, 0.5) is 16.3 Å². The van der Waals surface area contributed by atoms with Crippen LogP contribution in [0.25, 0.3) is 0 Å². The van der Waals surface area contributed by atoms with Gasteiger partial charge in [0.25, 0.3) is 0 Å². The first-order valence-corrected chi connectivity index (χ1v) is 13.1. The van der Waals surface area contributed by atoms with Gasteiger partial charge in [0.15, 0.2) is 0 Å². The van der Waals surface area contributed by atoms with Crippen LogP contribution in [0.2, 0.25) is 0 Å². The number of anilines is 2. The summed E-state index contributed by atoms with van der Waals surface area (Å²) in [6.07, 6.45) is 6.36. The second kappa shape index (κ2) is 9.95. The minimum atomic E-state index is -0.695. The lowest BCUT2D eigenvalue weighted by atomic mass is 9.46. The Hall–Kier alpha value is -3.17. The van der Waals surface area contributed by atoms with E-state index in [9.17, 15) is 19.2 Å². The molecule has 3 aliphatic rings. The lowest BCUT2D eigenvalue weighted by Crippen LogP contribution is -2.60. The molecule has 4 N–H and O–H groups in total. The molecule has 202 valence electrons. The number of aryl methyl sites for hydroxylation is 1. The molecule has 1 aliphatic heterocycles. The van der Waals surface area contributed by atoms with E-state index in [0.29, 0.717) is 35.4 Å². The van der Waals surface area contributed by atoms with Crippen LogP contribution < -0.4 is 16.4 Å². The van der Waals surface area contributed by atoms with Crippen LogP contribution in [0, 0.1) is 30.1 Å². The predicted octanol–water partition coefficient (Wildman–Crippen LogP) is 3.59. The molecule has 4 rings (SSSR count). The van der Waals surface area contributed by atoms with Crippen LogP contribution in [0.15, 0.2) is 12.3 Å². The van der Waals surface area contributed by atoms with E-state index in [1.807, 2.05) is 0 Å². The van der Waals surface area contributed by atoms with E-state index in [4.69, 9.17) is 10.5 Å². The zero-order valence-electron chi connectivity index (χ0n) is 22.4. The van der Waals surface area contributed by atoms with E-state index in [1.165, 1.54) is 6.20 Å². The van der Waals surface area contributed by atoms with Crippen LogP contribution in [0.5, 0.6) is 0 Å². The van der Waals surface area contributed by atoms with Gasteiger partial charge < -0.3 is 20.7 Å². The van der Waals surface area contributed by atoms with Gasteiger partial charge in [0.1, 0.15) is 11.4 Å².